The first-order valence-corrected chi connectivity index (χ1v) is 13.9. The lowest BCUT2D eigenvalue weighted by Gasteiger charge is -2.58. The minimum atomic E-state index is -0.594. The summed E-state index contributed by atoms with van der Waals surface area (Å²) in [6.07, 6.45) is 10.4. The topological polar surface area (TPSA) is 74.2 Å². The standard InChI is InChI=1S/C28H46FN3O3/c1-5-30-15-17-32(16-14-29)26(34)35-31-19(2)23-8-9-24-22-7-6-20-18-21(33)10-12-27(20,3)25(22)11-13-28(23,24)4/h6,21-25,30,33H,5,7-18H2,1-4H3/b31-19+/t21-,22-,23+,24-,25-,27-,28+/m0/s1. The molecule has 0 aromatic carbocycles. The predicted octanol–water partition coefficient (Wildman–Crippen LogP) is 5.32. The summed E-state index contributed by atoms with van der Waals surface area (Å²) < 4.78 is 13.0. The van der Waals surface area contributed by atoms with Gasteiger partial charge in [0, 0.05) is 19.0 Å². The third kappa shape index (κ3) is 5.04. The zero-order valence-corrected chi connectivity index (χ0v) is 22.2. The highest BCUT2D eigenvalue weighted by Gasteiger charge is 2.59. The van der Waals surface area contributed by atoms with E-state index in [0.29, 0.717) is 36.8 Å². The molecule has 0 aliphatic heterocycles. The number of hydrogen-bond donors (Lipinski definition) is 2. The molecule has 1 amide bonds. The highest BCUT2D eigenvalue weighted by Crippen LogP contribution is 2.66. The van der Waals surface area contributed by atoms with Gasteiger partial charge < -0.3 is 15.3 Å². The number of alkyl halides is 1. The number of carbonyl (C=O) groups is 1. The molecule has 3 saturated carbocycles. The van der Waals surface area contributed by atoms with E-state index in [1.54, 1.807) is 0 Å². The lowest BCUT2D eigenvalue weighted by atomic mass is 9.47. The van der Waals surface area contributed by atoms with Crippen LogP contribution in [0, 0.1) is 34.5 Å². The molecule has 35 heavy (non-hydrogen) atoms. The first-order valence-electron chi connectivity index (χ1n) is 13.9. The lowest BCUT2D eigenvalue weighted by Crippen LogP contribution is -2.50. The summed E-state index contributed by atoms with van der Waals surface area (Å²) in [7, 11) is 0. The van der Waals surface area contributed by atoms with Gasteiger partial charge in [0.2, 0.25) is 0 Å². The average molecular weight is 492 g/mol. The molecule has 4 aliphatic rings. The first kappa shape index (κ1) is 26.6. The van der Waals surface area contributed by atoms with E-state index >= 15 is 0 Å². The first-order chi connectivity index (χ1) is 16.7. The zero-order chi connectivity index (χ0) is 25.2. The van der Waals surface area contributed by atoms with Crippen LogP contribution in [-0.4, -0.2) is 60.8 Å². The maximum atomic E-state index is 13.0. The molecule has 0 bridgehead atoms. The van der Waals surface area contributed by atoms with Gasteiger partial charge in [-0.1, -0.05) is 37.6 Å². The Hall–Kier alpha value is -1.47. The smallest absolute Gasteiger partial charge is 0.393 e. The van der Waals surface area contributed by atoms with E-state index in [-0.39, 0.29) is 23.5 Å². The number of halogens is 1. The number of nitrogens with zero attached hydrogens (tertiary/aromatic N) is 2. The third-order valence-electron chi connectivity index (χ3n) is 10.3. The van der Waals surface area contributed by atoms with E-state index in [4.69, 9.17) is 4.84 Å². The summed E-state index contributed by atoms with van der Waals surface area (Å²) in [6.45, 7) is 10.1. The van der Waals surface area contributed by atoms with Crippen LogP contribution in [-0.2, 0) is 4.84 Å². The molecule has 0 aromatic rings. The van der Waals surface area contributed by atoms with Gasteiger partial charge >= 0.3 is 6.09 Å². The van der Waals surface area contributed by atoms with Crippen LogP contribution in [0.2, 0.25) is 0 Å². The second-order valence-corrected chi connectivity index (χ2v) is 11.9. The maximum Gasteiger partial charge on any atom is 0.436 e. The number of oxime groups is 1. The van der Waals surface area contributed by atoms with Crippen molar-refractivity contribution in [3.8, 4) is 0 Å². The van der Waals surface area contributed by atoms with E-state index in [2.05, 4.69) is 30.4 Å². The quantitative estimate of drug-likeness (QED) is 0.158. The second-order valence-electron chi connectivity index (χ2n) is 11.9. The Kier molecular flexibility index (Phi) is 8.26. The molecule has 0 heterocycles. The van der Waals surface area contributed by atoms with Gasteiger partial charge in [-0.25, -0.2) is 9.18 Å². The Morgan fingerprint density at radius 3 is 2.77 bits per heavy atom. The number of aliphatic hydroxyl groups is 1. The van der Waals surface area contributed by atoms with Gasteiger partial charge in [0.15, 0.2) is 0 Å². The van der Waals surface area contributed by atoms with Gasteiger partial charge in [0.05, 0.1) is 18.4 Å². The minimum absolute atomic E-state index is 0.0242. The summed E-state index contributed by atoms with van der Waals surface area (Å²) in [6, 6.07) is 0. The maximum absolute atomic E-state index is 13.0. The number of nitrogens with one attached hydrogen (secondary N) is 1. The molecule has 198 valence electrons. The predicted molar refractivity (Wildman–Crippen MR) is 137 cm³/mol. The number of hydrogen-bond acceptors (Lipinski definition) is 5. The number of aliphatic hydroxyl groups excluding tert-OH is 1. The molecular formula is C28H46FN3O3. The second kappa shape index (κ2) is 10.9. The molecule has 0 aromatic heterocycles. The normalized spacial score (nSPS) is 38.7. The molecule has 0 unspecified atom stereocenters. The summed E-state index contributed by atoms with van der Waals surface area (Å²) in [5.74, 6) is 2.35. The Balaban J connectivity index is 1.43. The van der Waals surface area contributed by atoms with Crippen LogP contribution in [0.1, 0.15) is 79.1 Å². The van der Waals surface area contributed by atoms with Gasteiger partial charge in [-0.05, 0) is 93.4 Å². The molecule has 7 heteroatoms. The summed E-state index contributed by atoms with van der Waals surface area (Å²) in [4.78, 5) is 19.3. The number of carbonyl (C=O) groups excluding carboxylic acids is 1. The fraction of sp³-hybridized carbons (Fsp3) is 0.857. The number of amides is 1. The van der Waals surface area contributed by atoms with Gasteiger partial charge in [0.25, 0.3) is 0 Å². The van der Waals surface area contributed by atoms with Crippen molar-refractivity contribution >= 4 is 11.8 Å². The Labute approximate surface area is 210 Å². The van der Waals surface area contributed by atoms with Crippen LogP contribution in [0.3, 0.4) is 0 Å². The summed E-state index contributed by atoms with van der Waals surface area (Å²) in [5.41, 5.74) is 2.81. The fourth-order valence-electron chi connectivity index (χ4n) is 8.35. The van der Waals surface area contributed by atoms with E-state index in [9.17, 15) is 14.3 Å². The molecule has 0 radical (unpaired) electrons. The van der Waals surface area contributed by atoms with E-state index < -0.39 is 12.8 Å². The van der Waals surface area contributed by atoms with Crippen molar-refractivity contribution < 1.29 is 19.1 Å². The van der Waals surface area contributed by atoms with Crippen molar-refractivity contribution in [3.05, 3.63) is 11.6 Å². The Morgan fingerprint density at radius 2 is 2.03 bits per heavy atom. The highest BCUT2D eigenvalue weighted by molar-refractivity contribution is 5.85. The Morgan fingerprint density at radius 1 is 1.23 bits per heavy atom. The van der Waals surface area contributed by atoms with Crippen LogP contribution in [0.5, 0.6) is 0 Å². The SMILES string of the molecule is CCNCCN(CCF)C(=O)O/N=C(\C)[C@H]1CC[C@H]2[C@@H]3CC=C4C[C@@H](O)CC[C@]4(C)[C@H]3CC[C@]12C. The molecule has 3 fully saturated rings. The largest absolute Gasteiger partial charge is 0.436 e. The average Bonchev–Trinajstić information content (AvgIpc) is 3.19. The monoisotopic (exact) mass is 491 g/mol. The zero-order valence-electron chi connectivity index (χ0n) is 22.2. The number of likely N-dealkylation sites (N-methyl/N-ethyl adjacent to an activating group) is 1. The van der Waals surface area contributed by atoms with Crippen molar-refractivity contribution in [2.75, 3.05) is 32.9 Å². The van der Waals surface area contributed by atoms with Gasteiger partial charge in [-0.2, -0.15) is 0 Å². The minimum Gasteiger partial charge on any atom is -0.393 e. The molecular weight excluding hydrogens is 445 g/mol. The molecule has 0 saturated heterocycles. The Bertz CT molecular complexity index is 832. The van der Waals surface area contributed by atoms with Crippen LogP contribution < -0.4 is 5.32 Å². The van der Waals surface area contributed by atoms with Crippen molar-refractivity contribution in [1.82, 2.24) is 10.2 Å². The van der Waals surface area contributed by atoms with Crippen molar-refractivity contribution in [1.29, 1.82) is 0 Å². The number of allylic oxidation sites excluding steroid dienone is 1. The third-order valence-corrected chi connectivity index (χ3v) is 10.3. The molecule has 2 N–H and O–H groups in total. The van der Waals surface area contributed by atoms with Crippen LogP contribution in [0.15, 0.2) is 16.8 Å². The highest BCUT2D eigenvalue weighted by atomic mass is 19.1. The van der Waals surface area contributed by atoms with E-state index in [1.165, 1.54) is 29.7 Å². The van der Waals surface area contributed by atoms with E-state index in [0.717, 1.165) is 44.4 Å². The summed E-state index contributed by atoms with van der Waals surface area (Å²) >= 11 is 0. The molecule has 0 spiro atoms. The van der Waals surface area contributed by atoms with Gasteiger partial charge in [-0.15, -0.1) is 0 Å². The lowest BCUT2D eigenvalue weighted by molar-refractivity contribution is -0.0426. The van der Waals surface area contributed by atoms with E-state index in [1.807, 2.05) is 13.8 Å². The van der Waals surface area contributed by atoms with Crippen molar-refractivity contribution in [2.45, 2.75) is 85.2 Å². The summed E-state index contributed by atoms with van der Waals surface area (Å²) in [5, 5.41) is 17.7. The van der Waals surface area contributed by atoms with Crippen LogP contribution in [0.25, 0.3) is 0 Å². The van der Waals surface area contributed by atoms with Crippen LogP contribution >= 0.6 is 0 Å². The molecule has 4 rings (SSSR count). The van der Waals surface area contributed by atoms with Crippen LogP contribution in [0.4, 0.5) is 9.18 Å². The van der Waals surface area contributed by atoms with Gasteiger partial charge in [0.1, 0.15) is 6.67 Å². The fourth-order valence-corrected chi connectivity index (χ4v) is 8.35. The van der Waals surface area contributed by atoms with Crippen molar-refractivity contribution in [2.24, 2.45) is 39.7 Å². The van der Waals surface area contributed by atoms with Crippen molar-refractivity contribution in [3.63, 3.8) is 0 Å². The molecule has 7 atom stereocenters. The number of fused-ring (bicyclic) bond motifs is 5. The molecule has 4 aliphatic carbocycles. The molecule has 6 nitrogen and oxygen atoms in total. The van der Waals surface area contributed by atoms with Gasteiger partial charge in [-0.3, -0.25) is 4.84 Å². The number of rotatable bonds is 8.